The number of halogens is 2. The van der Waals surface area contributed by atoms with Crippen LogP contribution < -0.4 is 5.32 Å². The van der Waals surface area contributed by atoms with Crippen LogP contribution in [-0.4, -0.2) is 11.9 Å². The van der Waals surface area contributed by atoms with Crippen LogP contribution in [0.1, 0.15) is 56.3 Å². The van der Waals surface area contributed by atoms with Gasteiger partial charge in [-0.15, -0.1) is 0 Å². The molecule has 1 aromatic rings. The van der Waals surface area contributed by atoms with Gasteiger partial charge in [-0.25, -0.2) is 4.39 Å². The normalized spacial score (nSPS) is 12.2. The molecule has 0 saturated heterocycles. The molecular weight excluding hydrogens is 309 g/mol. The zero-order chi connectivity index (χ0) is 14.3. The van der Waals surface area contributed by atoms with Crippen molar-refractivity contribution in [3.05, 3.63) is 34.1 Å². The molecule has 1 amide bonds. The lowest BCUT2D eigenvalue weighted by molar-refractivity contribution is 0.0928. The lowest BCUT2D eigenvalue weighted by atomic mass is 10.0. The summed E-state index contributed by atoms with van der Waals surface area (Å²) in [6, 6.07) is 4.65. The number of rotatable bonds is 7. The molecule has 0 spiro atoms. The molecular formula is C15H21BrFNO. The Hall–Kier alpha value is -0.900. The second-order valence-electron chi connectivity index (χ2n) is 4.73. The molecule has 106 valence electrons. The number of benzene rings is 1. The number of hydrogen-bond acceptors (Lipinski definition) is 1. The van der Waals surface area contributed by atoms with Gasteiger partial charge in [0.1, 0.15) is 5.82 Å². The molecule has 0 aromatic heterocycles. The molecule has 4 heteroatoms. The van der Waals surface area contributed by atoms with E-state index in [1.165, 1.54) is 12.1 Å². The zero-order valence-corrected chi connectivity index (χ0v) is 13.1. The van der Waals surface area contributed by atoms with E-state index in [1.54, 1.807) is 6.07 Å². The molecule has 0 aliphatic carbocycles. The molecule has 0 aliphatic heterocycles. The van der Waals surface area contributed by atoms with Gasteiger partial charge in [-0.3, -0.25) is 4.79 Å². The SMILES string of the molecule is CCCCC(CCC)NC(=O)c1ccc(Br)cc1F. The Bertz CT molecular complexity index is 423. The van der Waals surface area contributed by atoms with Gasteiger partial charge in [-0.1, -0.05) is 49.0 Å². The zero-order valence-electron chi connectivity index (χ0n) is 11.5. The van der Waals surface area contributed by atoms with Gasteiger partial charge in [-0.2, -0.15) is 0 Å². The third-order valence-electron chi connectivity index (χ3n) is 3.05. The lowest BCUT2D eigenvalue weighted by Crippen LogP contribution is -2.35. The number of unbranched alkanes of at least 4 members (excludes halogenated alkanes) is 1. The van der Waals surface area contributed by atoms with E-state index < -0.39 is 5.82 Å². The third kappa shape index (κ3) is 5.31. The Morgan fingerprint density at radius 3 is 2.63 bits per heavy atom. The van der Waals surface area contributed by atoms with Crippen molar-refractivity contribution in [1.29, 1.82) is 0 Å². The van der Waals surface area contributed by atoms with Gasteiger partial charge in [0.25, 0.3) is 5.91 Å². The summed E-state index contributed by atoms with van der Waals surface area (Å²) in [5.41, 5.74) is 0.112. The second-order valence-corrected chi connectivity index (χ2v) is 5.64. The highest BCUT2D eigenvalue weighted by molar-refractivity contribution is 9.10. The van der Waals surface area contributed by atoms with E-state index >= 15 is 0 Å². The summed E-state index contributed by atoms with van der Waals surface area (Å²) >= 11 is 3.18. The van der Waals surface area contributed by atoms with Crippen molar-refractivity contribution in [2.45, 2.75) is 52.0 Å². The van der Waals surface area contributed by atoms with Crippen LogP contribution in [-0.2, 0) is 0 Å². The maximum absolute atomic E-state index is 13.7. The average Bonchev–Trinajstić information content (AvgIpc) is 2.36. The van der Waals surface area contributed by atoms with Crippen LogP contribution in [0.25, 0.3) is 0 Å². The van der Waals surface area contributed by atoms with Gasteiger partial charge in [0.15, 0.2) is 0 Å². The van der Waals surface area contributed by atoms with Crippen LogP contribution in [0.4, 0.5) is 4.39 Å². The van der Waals surface area contributed by atoms with Crippen LogP contribution >= 0.6 is 15.9 Å². The minimum Gasteiger partial charge on any atom is -0.349 e. The number of amides is 1. The van der Waals surface area contributed by atoms with Gasteiger partial charge in [0.2, 0.25) is 0 Å². The highest BCUT2D eigenvalue weighted by Crippen LogP contribution is 2.16. The van der Waals surface area contributed by atoms with Crippen LogP contribution in [0.15, 0.2) is 22.7 Å². The minimum absolute atomic E-state index is 0.112. The van der Waals surface area contributed by atoms with E-state index in [9.17, 15) is 9.18 Å². The Labute approximate surface area is 122 Å². The number of hydrogen-bond donors (Lipinski definition) is 1. The van der Waals surface area contributed by atoms with Crippen molar-refractivity contribution in [3.8, 4) is 0 Å². The summed E-state index contributed by atoms with van der Waals surface area (Å²) in [5, 5.41) is 2.94. The molecule has 0 heterocycles. The predicted molar refractivity (Wildman–Crippen MR) is 79.8 cm³/mol. The van der Waals surface area contributed by atoms with Crippen LogP contribution in [0, 0.1) is 5.82 Å². The first-order valence-corrected chi connectivity index (χ1v) is 7.63. The van der Waals surface area contributed by atoms with Gasteiger partial charge in [0, 0.05) is 10.5 Å². The van der Waals surface area contributed by atoms with Crippen molar-refractivity contribution in [2.75, 3.05) is 0 Å². The van der Waals surface area contributed by atoms with Gasteiger partial charge < -0.3 is 5.32 Å². The van der Waals surface area contributed by atoms with Crippen molar-refractivity contribution in [2.24, 2.45) is 0 Å². The Morgan fingerprint density at radius 1 is 1.32 bits per heavy atom. The maximum atomic E-state index is 13.7. The Balaban J connectivity index is 2.69. The quantitative estimate of drug-likeness (QED) is 0.773. The summed E-state index contributed by atoms with van der Waals surface area (Å²) in [6.45, 7) is 4.21. The highest BCUT2D eigenvalue weighted by Gasteiger charge is 2.16. The number of carbonyl (C=O) groups excluding carboxylic acids is 1. The molecule has 1 N–H and O–H groups in total. The molecule has 1 atom stereocenters. The van der Waals surface area contributed by atoms with E-state index in [0.717, 1.165) is 32.1 Å². The second kappa shape index (κ2) is 8.31. The molecule has 0 fully saturated rings. The van der Waals surface area contributed by atoms with E-state index in [-0.39, 0.29) is 17.5 Å². The number of nitrogens with one attached hydrogen (secondary N) is 1. The summed E-state index contributed by atoms with van der Waals surface area (Å²) in [4.78, 5) is 12.1. The topological polar surface area (TPSA) is 29.1 Å². The van der Waals surface area contributed by atoms with Crippen molar-refractivity contribution in [3.63, 3.8) is 0 Å². The summed E-state index contributed by atoms with van der Waals surface area (Å²) in [5.74, 6) is -0.808. The summed E-state index contributed by atoms with van der Waals surface area (Å²) in [6.07, 6.45) is 5.08. The van der Waals surface area contributed by atoms with Gasteiger partial charge in [0.05, 0.1) is 5.56 Å². The van der Waals surface area contributed by atoms with Crippen molar-refractivity contribution >= 4 is 21.8 Å². The molecule has 1 aromatic carbocycles. The largest absolute Gasteiger partial charge is 0.349 e. The van der Waals surface area contributed by atoms with Crippen molar-refractivity contribution in [1.82, 2.24) is 5.32 Å². The Kier molecular flexibility index (Phi) is 7.06. The molecule has 0 aliphatic rings. The maximum Gasteiger partial charge on any atom is 0.254 e. The summed E-state index contributed by atoms with van der Waals surface area (Å²) < 4.78 is 14.3. The molecule has 19 heavy (non-hydrogen) atoms. The van der Waals surface area contributed by atoms with Gasteiger partial charge in [-0.05, 0) is 31.0 Å². The smallest absolute Gasteiger partial charge is 0.254 e. The first-order chi connectivity index (χ1) is 9.08. The summed E-state index contributed by atoms with van der Waals surface area (Å²) in [7, 11) is 0. The molecule has 0 saturated carbocycles. The fourth-order valence-corrected chi connectivity index (χ4v) is 2.36. The lowest BCUT2D eigenvalue weighted by Gasteiger charge is -2.18. The minimum atomic E-state index is -0.488. The average molecular weight is 330 g/mol. The van der Waals surface area contributed by atoms with E-state index in [2.05, 4.69) is 35.1 Å². The van der Waals surface area contributed by atoms with E-state index in [1.807, 2.05) is 0 Å². The first-order valence-electron chi connectivity index (χ1n) is 6.84. The fourth-order valence-electron chi connectivity index (χ4n) is 2.02. The van der Waals surface area contributed by atoms with Crippen molar-refractivity contribution < 1.29 is 9.18 Å². The number of carbonyl (C=O) groups is 1. The monoisotopic (exact) mass is 329 g/mol. The molecule has 1 rings (SSSR count). The molecule has 0 radical (unpaired) electrons. The Morgan fingerprint density at radius 2 is 2.05 bits per heavy atom. The fraction of sp³-hybridized carbons (Fsp3) is 0.533. The van der Waals surface area contributed by atoms with E-state index in [4.69, 9.17) is 0 Å². The van der Waals surface area contributed by atoms with Crippen LogP contribution in [0.5, 0.6) is 0 Å². The highest BCUT2D eigenvalue weighted by atomic mass is 79.9. The molecule has 1 unspecified atom stereocenters. The van der Waals surface area contributed by atoms with Gasteiger partial charge >= 0.3 is 0 Å². The predicted octanol–water partition coefficient (Wildman–Crippen LogP) is 4.68. The van der Waals surface area contributed by atoms with Crippen LogP contribution in [0.3, 0.4) is 0 Å². The third-order valence-corrected chi connectivity index (χ3v) is 3.55. The van der Waals surface area contributed by atoms with E-state index in [0.29, 0.717) is 4.47 Å². The van der Waals surface area contributed by atoms with Crippen LogP contribution in [0.2, 0.25) is 0 Å². The molecule has 2 nitrogen and oxygen atoms in total. The standard InChI is InChI=1S/C15H21BrFNO/c1-3-5-7-12(6-4-2)18-15(19)13-9-8-11(16)10-14(13)17/h8-10,12H,3-7H2,1-2H3,(H,18,19). The molecule has 0 bridgehead atoms. The first kappa shape index (κ1) is 16.2.